The fourth-order valence-electron chi connectivity index (χ4n) is 4.69. The van der Waals surface area contributed by atoms with E-state index in [1.54, 1.807) is 19.2 Å². The SMILES string of the molecule is Cc1ccccc1NC(C)N(C)C(=O)[C@H](CN)NC(=O)[C@H](CCCN)NCc1ccccc1Sc1c(F)cccc1CNC=O. The highest BCUT2D eigenvalue weighted by Gasteiger charge is 2.28. The summed E-state index contributed by atoms with van der Waals surface area (Å²) in [7, 11) is 1.67. The first-order valence-corrected chi connectivity index (χ1v) is 15.7. The molecule has 242 valence electrons. The summed E-state index contributed by atoms with van der Waals surface area (Å²) in [4.78, 5) is 40.4. The molecule has 0 saturated heterocycles. The number of halogens is 1. The Hall–Kier alpha value is -3.97. The Balaban J connectivity index is 1.70. The third-order valence-electron chi connectivity index (χ3n) is 7.45. The Morgan fingerprint density at radius 2 is 1.69 bits per heavy atom. The molecule has 3 aromatic rings. The molecule has 0 spiro atoms. The van der Waals surface area contributed by atoms with Crippen LogP contribution >= 0.6 is 11.8 Å². The molecule has 45 heavy (non-hydrogen) atoms. The predicted molar refractivity (Wildman–Crippen MR) is 177 cm³/mol. The largest absolute Gasteiger partial charge is 0.365 e. The fraction of sp³-hybridized carbons (Fsp3) is 0.364. The Bertz CT molecular complexity index is 1430. The number of likely N-dealkylation sites (N-methyl/N-ethyl adjacent to an activating group) is 1. The van der Waals surface area contributed by atoms with Crippen molar-refractivity contribution in [2.45, 2.75) is 67.8 Å². The number of benzene rings is 3. The summed E-state index contributed by atoms with van der Waals surface area (Å²) < 4.78 is 14.8. The maximum absolute atomic E-state index is 14.8. The van der Waals surface area contributed by atoms with E-state index in [2.05, 4.69) is 21.3 Å². The van der Waals surface area contributed by atoms with Gasteiger partial charge in [-0.2, -0.15) is 0 Å². The standard InChI is InChI=1S/C33H44FN7O3S/c1-22-10-4-6-14-27(22)39-23(2)41(3)33(44)29(18-36)40-32(43)28(15-9-17-35)38-20-24-11-5-7-16-30(24)45-31-25(19-37-21-42)12-8-13-26(31)34/h4-8,10-14,16,21,23,28-29,38-39H,9,15,17-20,35-36H2,1-3H3,(H,37,42)(H,40,43)/t23?,28-,29-/m0/s1. The number of aryl methyl sites for hydroxylation is 1. The lowest BCUT2D eigenvalue weighted by atomic mass is 10.1. The van der Waals surface area contributed by atoms with E-state index in [4.69, 9.17) is 11.5 Å². The van der Waals surface area contributed by atoms with E-state index in [0.29, 0.717) is 42.8 Å². The van der Waals surface area contributed by atoms with Gasteiger partial charge in [0.1, 0.15) is 11.9 Å². The van der Waals surface area contributed by atoms with Crippen LogP contribution < -0.4 is 32.7 Å². The summed E-state index contributed by atoms with van der Waals surface area (Å²) in [6, 6.07) is 18.5. The minimum atomic E-state index is -0.923. The monoisotopic (exact) mass is 637 g/mol. The minimum absolute atomic E-state index is 0.0704. The summed E-state index contributed by atoms with van der Waals surface area (Å²) in [5.41, 5.74) is 15.2. The van der Waals surface area contributed by atoms with Crippen molar-refractivity contribution in [3.05, 3.63) is 89.2 Å². The number of nitrogens with one attached hydrogen (secondary N) is 4. The van der Waals surface area contributed by atoms with Crippen molar-refractivity contribution in [1.82, 2.24) is 20.9 Å². The number of rotatable bonds is 18. The second-order valence-electron chi connectivity index (χ2n) is 10.7. The van der Waals surface area contributed by atoms with Crippen LogP contribution in [0.4, 0.5) is 10.1 Å². The number of nitrogens with two attached hydrogens (primary N) is 2. The third-order valence-corrected chi connectivity index (χ3v) is 8.73. The molecule has 0 saturated carbocycles. The molecule has 0 heterocycles. The summed E-state index contributed by atoms with van der Waals surface area (Å²) in [6.45, 7) is 4.68. The maximum atomic E-state index is 14.8. The second-order valence-corrected chi connectivity index (χ2v) is 11.7. The number of carbonyl (C=O) groups excluding carboxylic acids is 3. The van der Waals surface area contributed by atoms with Gasteiger partial charge in [0.2, 0.25) is 18.2 Å². The van der Waals surface area contributed by atoms with Crippen molar-refractivity contribution in [2.24, 2.45) is 11.5 Å². The van der Waals surface area contributed by atoms with Crippen LogP contribution in [0.15, 0.2) is 76.5 Å². The van der Waals surface area contributed by atoms with Crippen LogP contribution in [0.5, 0.6) is 0 Å². The van der Waals surface area contributed by atoms with E-state index in [0.717, 1.165) is 21.7 Å². The number of hydrogen-bond acceptors (Lipinski definition) is 8. The fourth-order valence-corrected chi connectivity index (χ4v) is 5.76. The molecular formula is C33H44FN7O3S. The highest BCUT2D eigenvalue weighted by Crippen LogP contribution is 2.35. The van der Waals surface area contributed by atoms with Gasteiger partial charge in [-0.3, -0.25) is 14.4 Å². The van der Waals surface area contributed by atoms with Gasteiger partial charge in [-0.05, 0) is 68.1 Å². The van der Waals surface area contributed by atoms with Gasteiger partial charge in [-0.25, -0.2) is 4.39 Å². The molecule has 0 aliphatic carbocycles. The molecule has 3 rings (SSSR count). The van der Waals surface area contributed by atoms with Crippen LogP contribution in [0, 0.1) is 12.7 Å². The van der Waals surface area contributed by atoms with E-state index in [1.165, 1.54) is 22.7 Å². The van der Waals surface area contributed by atoms with Gasteiger partial charge < -0.3 is 37.6 Å². The van der Waals surface area contributed by atoms with Crippen molar-refractivity contribution in [1.29, 1.82) is 0 Å². The molecule has 0 aromatic heterocycles. The van der Waals surface area contributed by atoms with Gasteiger partial charge >= 0.3 is 0 Å². The van der Waals surface area contributed by atoms with Gasteiger partial charge in [-0.1, -0.05) is 60.3 Å². The van der Waals surface area contributed by atoms with Gasteiger partial charge in [0.05, 0.1) is 17.1 Å². The third kappa shape index (κ3) is 10.3. The van der Waals surface area contributed by atoms with Gasteiger partial charge in [0.25, 0.3) is 0 Å². The van der Waals surface area contributed by atoms with E-state index < -0.39 is 12.1 Å². The number of amides is 3. The Kier molecular flexibility index (Phi) is 14.3. The van der Waals surface area contributed by atoms with Crippen molar-refractivity contribution in [2.75, 3.05) is 25.5 Å². The Labute approximate surface area is 268 Å². The van der Waals surface area contributed by atoms with Crippen LogP contribution in [0.25, 0.3) is 0 Å². The molecule has 0 aliphatic heterocycles. The Morgan fingerprint density at radius 3 is 2.40 bits per heavy atom. The first kappa shape index (κ1) is 35.5. The molecule has 12 heteroatoms. The minimum Gasteiger partial charge on any atom is -0.365 e. The lowest BCUT2D eigenvalue weighted by Crippen LogP contribution is -2.57. The first-order valence-electron chi connectivity index (χ1n) is 14.9. The molecule has 0 radical (unpaired) electrons. The predicted octanol–water partition coefficient (Wildman–Crippen LogP) is 3.09. The maximum Gasteiger partial charge on any atom is 0.247 e. The molecular weight excluding hydrogens is 593 g/mol. The number of carbonyl (C=O) groups is 3. The summed E-state index contributed by atoms with van der Waals surface area (Å²) in [5, 5.41) is 12.1. The molecule has 1 unspecified atom stereocenters. The van der Waals surface area contributed by atoms with Crippen LogP contribution in [-0.4, -0.2) is 61.5 Å². The molecule has 8 N–H and O–H groups in total. The van der Waals surface area contributed by atoms with Gasteiger partial charge in [0.15, 0.2) is 0 Å². The van der Waals surface area contributed by atoms with Crippen molar-refractivity contribution in [3.8, 4) is 0 Å². The lowest BCUT2D eigenvalue weighted by molar-refractivity contribution is -0.136. The zero-order chi connectivity index (χ0) is 32.8. The normalized spacial score (nSPS) is 12.9. The molecule has 3 amide bonds. The average molecular weight is 638 g/mol. The molecule has 0 bridgehead atoms. The van der Waals surface area contributed by atoms with Crippen molar-refractivity contribution in [3.63, 3.8) is 0 Å². The number of nitrogens with zero attached hydrogens (tertiary/aromatic N) is 1. The van der Waals surface area contributed by atoms with Crippen LogP contribution in [0.2, 0.25) is 0 Å². The molecule has 0 fully saturated rings. The summed E-state index contributed by atoms with van der Waals surface area (Å²) in [5.74, 6) is -1.07. The van der Waals surface area contributed by atoms with E-state index in [1.807, 2.05) is 62.4 Å². The highest BCUT2D eigenvalue weighted by atomic mass is 32.2. The number of anilines is 1. The molecule has 0 aliphatic rings. The van der Waals surface area contributed by atoms with Gasteiger partial charge in [0, 0.05) is 37.3 Å². The second kappa shape index (κ2) is 18.1. The average Bonchev–Trinajstić information content (AvgIpc) is 3.04. The number of para-hydroxylation sites is 1. The topological polar surface area (TPSA) is 155 Å². The molecule has 3 aromatic carbocycles. The van der Waals surface area contributed by atoms with Crippen LogP contribution in [-0.2, 0) is 27.5 Å². The molecule has 3 atom stereocenters. The van der Waals surface area contributed by atoms with Crippen molar-refractivity contribution >= 4 is 35.7 Å². The smallest absolute Gasteiger partial charge is 0.247 e. The summed E-state index contributed by atoms with van der Waals surface area (Å²) >= 11 is 1.26. The molecule has 10 nitrogen and oxygen atoms in total. The number of hydrogen-bond donors (Lipinski definition) is 6. The van der Waals surface area contributed by atoms with E-state index >= 15 is 0 Å². The van der Waals surface area contributed by atoms with E-state index in [9.17, 15) is 18.8 Å². The Morgan fingerprint density at radius 1 is 0.978 bits per heavy atom. The highest BCUT2D eigenvalue weighted by molar-refractivity contribution is 7.99. The van der Waals surface area contributed by atoms with E-state index in [-0.39, 0.29) is 36.9 Å². The van der Waals surface area contributed by atoms with Crippen molar-refractivity contribution < 1.29 is 18.8 Å². The van der Waals surface area contributed by atoms with Gasteiger partial charge in [-0.15, -0.1) is 0 Å². The lowest BCUT2D eigenvalue weighted by Gasteiger charge is -2.31. The quantitative estimate of drug-likeness (QED) is 0.0919. The zero-order valence-electron chi connectivity index (χ0n) is 26.0. The zero-order valence-corrected chi connectivity index (χ0v) is 26.8. The van der Waals surface area contributed by atoms with Crippen LogP contribution in [0.1, 0.15) is 36.5 Å². The summed E-state index contributed by atoms with van der Waals surface area (Å²) in [6.07, 6.45) is 1.25. The van der Waals surface area contributed by atoms with Crippen LogP contribution in [0.3, 0.4) is 0 Å². The first-order chi connectivity index (χ1) is 21.7.